The Bertz CT molecular complexity index is 476. The summed E-state index contributed by atoms with van der Waals surface area (Å²) in [6.07, 6.45) is 2.07. The highest BCUT2D eigenvalue weighted by molar-refractivity contribution is 7.88. The molecule has 1 aliphatic rings. The van der Waals surface area contributed by atoms with Gasteiger partial charge in [-0.2, -0.15) is 0 Å². The van der Waals surface area contributed by atoms with Gasteiger partial charge >= 0.3 is 5.97 Å². The number of hydrogen-bond acceptors (Lipinski definition) is 4. The molecular weight excluding hydrogens is 284 g/mol. The molecule has 1 aliphatic heterocycles. The average Bonchev–Trinajstić information content (AvgIpc) is 2.82. The number of carbonyl (C=O) groups is 2. The number of nitrogens with zero attached hydrogens (tertiary/aromatic N) is 1. The number of nitrogens with one attached hydrogen (secondary N) is 1. The molecule has 20 heavy (non-hydrogen) atoms. The molecule has 1 heterocycles. The largest absolute Gasteiger partial charge is 0.481 e. The van der Waals surface area contributed by atoms with Gasteiger partial charge in [-0.15, -0.1) is 0 Å². The van der Waals surface area contributed by atoms with Crippen molar-refractivity contribution in [1.82, 2.24) is 9.62 Å². The molecule has 1 fully saturated rings. The maximum absolute atomic E-state index is 12.4. The number of carboxylic acid groups (broad SMARTS) is 1. The van der Waals surface area contributed by atoms with Gasteiger partial charge in [0.25, 0.3) is 0 Å². The smallest absolute Gasteiger partial charge is 0.308 e. The Hall–Kier alpha value is -1.15. The average molecular weight is 306 g/mol. The van der Waals surface area contributed by atoms with Crippen LogP contribution in [-0.2, 0) is 19.6 Å². The van der Waals surface area contributed by atoms with Crippen molar-refractivity contribution >= 4 is 21.9 Å². The Labute approximate surface area is 119 Å². The van der Waals surface area contributed by atoms with E-state index in [0.717, 1.165) is 6.26 Å². The third-order valence-electron chi connectivity index (χ3n) is 3.67. The minimum absolute atomic E-state index is 0.145. The maximum atomic E-state index is 12.4. The van der Waals surface area contributed by atoms with Crippen LogP contribution in [0.3, 0.4) is 0 Å². The summed E-state index contributed by atoms with van der Waals surface area (Å²) in [5.41, 5.74) is 0. The van der Waals surface area contributed by atoms with Crippen LogP contribution in [0.5, 0.6) is 0 Å². The second-order valence-corrected chi connectivity index (χ2v) is 7.14. The predicted octanol–water partition coefficient (Wildman–Crippen LogP) is -0.117. The molecule has 1 saturated heterocycles. The van der Waals surface area contributed by atoms with Crippen LogP contribution in [0.1, 0.15) is 26.7 Å². The van der Waals surface area contributed by atoms with Gasteiger partial charge in [0.1, 0.15) is 6.04 Å². The van der Waals surface area contributed by atoms with Gasteiger partial charge in [0.05, 0.1) is 12.2 Å². The molecule has 1 amide bonds. The van der Waals surface area contributed by atoms with Gasteiger partial charge in [-0.05, 0) is 12.3 Å². The zero-order chi connectivity index (χ0) is 15.5. The summed E-state index contributed by atoms with van der Waals surface area (Å²) >= 11 is 0. The highest BCUT2D eigenvalue weighted by Gasteiger charge is 2.36. The Morgan fingerprint density at radius 3 is 2.45 bits per heavy atom. The second kappa shape index (κ2) is 6.53. The molecule has 0 spiro atoms. The molecule has 0 unspecified atom stereocenters. The Balaban J connectivity index is 2.81. The lowest BCUT2D eigenvalue weighted by atomic mass is 9.99. The fourth-order valence-corrected chi connectivity index (χ4v) is 3.03. The molecule has 8 heteroatoms. The molecule has 2 N–H and O–H groups in total. The molecule has 1 rings (SSSR count). The van der Waals surface area contributed by atoms with E-state index in [9.17, 15) is 18.0 Å². The summed E-state index contributed by atoms with van der Waals surface area (Å²) in [5, 5.41) is 8.94. The molecule has 0 aromatic rings. The van der Waals surface area contributed by atoms with Gasteiger partial charge in [0, 0.05) is 13.1 Å². The fraction of sp³-hybridized carbons (Fsp3) is 0.833. The number of rotatable bonds is 6. The first kappa shape index (κ1) is 16.9. The first-order chi connectivity index (χ1) is 9.15. The molecule has 0 saturated carbocycles. The van der Waals surface area contributed by atoms with Crippen molar-refractivity contribution in [3.63, 3.8) is 0 Å². The van der Waals surface area contributed by atoms with Crippen molar-refractivity contribution in [2.45, 2.75) is 32.7 Å². The first-order valence-electron chi connectivity index (χ1n) is 6.64. The van der Waals surface area contributed by atoms with Crippen LogP contribution < -0.4 is 4.72 Å². The van der Waals surface area contributed by atoms with Gasteiger partial charge in [0.2, 0.25) is 15.9 Å². The van der Waals surface area contributed by atoms with Crippen LogP contribution in [0.15, 0.2) is 0 Å². The monoisotopic (exact) mass is 306 g/mol. The number of carboxylic acids is 1. The van der Waals surface area contributed by atoms with E-state index < -0.39 is 28.0 Å². The van der Waals surface area contributed by atoms with E-state index in [1.807, 2.05) is 6.92 Å². The topological polar surface area (TPSA) is 104 Å². The quantitative estimate of drug-likeness (QED) is 0.712. The molecule has 3 atom stereocenters. The second-order valence-electron chi connectivity index (χ2n) is 5.36. The highest BCUT2D eigenvalue weighted by Crippen LogP contribution is 2.20. The summed E-state index contributed by atoms with van der Waals surface area (Å²) in [6.45, 7) is 4.17. The van der Waals surface area contributed by atoms with Crippen molar-refractivity contribution in [1.29, 1.82) is 0 Å². The number of aliphatic carboxylic acids is 1. The van der Waals surface area contributed by atoms with E-state index in [0.29, 0.717) is 19.4 Å². The lowest BCUT2D eigenvalue weighted by Crippen LogP contribution is -2.50. The summed E-state index contributed by atoms with van der Waals surface area (Å²) in [5.74, 6) is -1.97. The summed E-state index contributed by atoms with van der Waals surface area (Å²) in [4.78, 5) is 24.7. The van der Waals surface area contributed by atoms with Crippen LogP contribution in [0, 0.1) is 11.8 Å². The normalized spacial score (nSPS) is 22.6. The van der Waals surface area contributed by atoms with Crippen LogP contribution in [-0.4, -0.2) is 55.7 Å². The highest BCUT2D eigenvalue weighted by atomic mass is 32.2. The number of sulfonamides is 1. The molecule has 0 aliphatic carbocycles. The van der Waals surface area contributed by atoms with Gasteiger partial charge in [-0.1, -0.05) is 20.3 Å². The minimum atomic E-state index is -3.50. The minimum Gasteiger partial charge on any atom is -0.481 e. The first-order valence-corrected chi connectivity index (χ1v) is 8.53. The third-order valence-corrected chi connectivity index (χ3v) is 4.35. The molecule has 116 valence electrons. The standard InChI is InChI=1S/C12H22N2O5S/c1-4-8(2)10(13-20(3,18)19)11(15)14-6-5-9(7-14)12(16)17/h8-10,13H,4-7H2,1-3H3,(H,16,17)/t8-,9-,10+/m0/s1. The molecule has 7 nitrogen and oxygen atoms in total. The lowest BCUT2D eigenvalue weighted by molar-refractivity contribution is -0.141. The number of carbonyl (C=O) groups excluding carboxylic acids is 1. The number of likely N-dealkylation sites (tertiary alicyclic amines) is 1. The molecular formula is C12H22N2O5S. The van der Waals surface area contributed by atoms with Crippen LogP contribution in [0.4, 0.5) is 0 Å². The van der Waals surface area contributed by atoms with Crippen molar-refractivity contribution < 1.29 is 23.1 Å². The van der Waals surface area contributed by atoms with Crippen LogP contribution >= 0.6 is 0 Å². The molecule has 0 radical (unpaired) electrons. The zero-order valence-electron chi connectivity index (χ0n) is 12.0. The van der Waals surface area contributed by atoms with Gasteiger partial charge in [0.15, 0.2) is 0 Å². The Morgan fingerprint density at radius 2 is 2.05 bits per heavy atom. The maximum Gasteiger partial charge on any atom is 0.308 e. The van der Waals surface area contributed by atoms with Crippen molar-refractivity contribution in [2.24, 2.45) is 11.8 Å². The lowest BCUT2D eigenvalue weighted by Gasteiger charge is -2.27. The number of hydrogen-bond donors (Lipinski definition) is 2. The van der Waals surface area contributed by atoms with E-state index in [4.69, 9.17) is 5.11 Å². The Morgan fingerprint density at radius 1 is 1.45 bits per heavy atom. The van der Waals surface area contributed by atoms with E-state index >= 15 is 0 Å². The van der Waals surface area contributed by atoms with Gasteiger partial charge < -0.3 is 10.0 Å². The van der Waals surface area contributed by atoms with Gasteiger partial charge in [-0.25, -0.2) is 13.1 Å². The third kappa shape index (κ3) is 4.45. The molecule has 0 bridgehead atoms. The van der Waals surface area contributed by atoms with Crippen molar-refractivity contribution in [3.8, 4) is 0 Å². The fourth-order valence-electron chi connectivity index (χ4n) is 2.24. The van der Waals surface area contributed by atoms with Crippen LogP contribution in [0.25, 0.3) is 0 Å². The number of amides is 1. The summed E-state index contributed by atoms with van der Waals surface area (Å²) < 4.78 is 25.1. The molecule has 0 aromatic carbocycles. The van der Waals surface area contributed by atoms with Crippen LogP contribution in [0.2, 0.25) is 0 Å². The van der Waals surface area contributed by atoms with Crippen molar-refractivity contribution in [2.75, 3.05) is 19.3 Å². The predicted molar refractivity (Wildman–Crippen MR) is 73.5 cm³/mol. The molecule has 0 aromatic heterocycles. The van der Waals surface area contributed by atoms with E-state index in [1.54, 1.807) is 6.92 Å². The zero-order valence-corrected chi connectivity index (χ0v) is 12.8. The van der Waals surface area contributed by atoms with Gasteiger partial charge in [-0.3, -0.25) is 9.59 Å². The van der Waals surface area contributed by atoms with Crippen molar-refractivity contribution in [3.05, 3.63) is 0 Å². The SMILES string of the molecule is CC[C@H](C)[C@@H](NS(C)(=O)=O)C(=O)N1CC[C@H](C(=O)O)C1. The summed E-state index contributed by atoms with van der Waals surface area (Å²) in [7, 11) is -3.50. The van der Waals surface area contributed by atoms with E-state index in [2.05, 4.69) is 4.72 Å². The Kier molecular flexibility index (Phi) is 5.52. The van der Waals surface area contributed by atoms with E-state index in [1.165, 1.54) is 4.90 Å². The summed E-state index contributed by atoms with van der Waals surface area (Å²) in [6, 6.07) is -0.831. The van der Waals surface area contributed by atoms with E-state index in [-0.39, 0.29) is 18.4 Å².